The van der Waals surface area contributed by atoms with Gasteiger partial charge < -0.3 is 37.5 Å². The third-order valence-corrected chi connectivity index (χ3v) is 10.3. The monoisotopic (exact) mass is 739 g/mol. The minimum absolute atomic E-state index is 0.0959. The van der Waals surface area contributed by atoms with Gasteiger partial charge in [-0.3, -0.25) is 4.79 Å². The Bertz CT molecular complexity index is 1340. The summed E-state index contributed by atoms with van der Waals surface area (Å²) in [6.45, 7) is 3.46. The topological polar surface area (TPSA) is 191 Å². The minimum atomic E-state index is -1.33. The molecule has 9 N–H and O–H groups in total. The van der Waals surface area contributed by atoms with Crippen LogP contribution in [0.4, 0.5) is 4.79 Å². The Morgan fingerprint density at radius 1 is 0.717 bits per heavy atom. The molecule has 0 saturated heterocycles. The molecule has 0 saturated carbocycles. The van der Waals surface area contributed by atoms with Gasteiger partial charge in [0.05, 0.1) is 0 Å². The van der Waals surface area contributed by atoms with E-state index in [1.807, 2.05) is 12.1 Å². The maximum Gasteiger partial charge on any atom is 0.408 e. The molecule has 10 heteroatoms. The summed E-state index contributed by atoms with van der Waals surface area (Å²) in [5.41, 5.74) is 20.6. The average molecular weight is 739 g/mol. The SMILES string of the molecule is CCCCCCCCCCCCCCCC[C@@](CCCCN)(NC(=O)OCc1ccc2c(c1)-c1ccccc1C2)C(=O)O.NCCCCC(N)C(=O)O. The van der Waals surface area contributed by atoms with E-state index in [4.69, 9.17) is 27.0 Å². The standard InChI is InChI=1S/C37H56N2O4.C6H14N2O2/c1-2-3-4-5-6-7-8-9-10-11-12-13-14-17-24-37(35(40)41,25-18-19-26-38)39-36(42)43-29-30-22-23-32-28-31-20-15-16-21-33(31)34(32)27-30;7-4-2-1-3-5(8)6(9)10/h15-16,20-23,27H,2-14,17-19,24-26,28-29,38H2,1H3,(H,39,42)(H,40,41);5H,1-4,7-8H2,(H,9,10)/t37-;/m0./s1. The van der Waals surface area contributed by atoms with Gasteiger partial charge in [0.1, 0.15) is 18.2 Å². The fourth-order valence-electron chi connectivity index (χ4n) is 6.98. The van der Waals surface area contributed by atoms with E-state index in [9.17, 15) is 19.5 Å². The van der Waals surface area contributed by atoms with Gasteiger partial charge in [-0.1, -0.05) is 140 Å². The molecule has 0 aromatic heterocycles. The van der Waals surface area contributed by atoms with E-state index < -0.39 is 29.6 Å². The molecule has 0 fully saturated rings. The predicted octanol–water partition coefficient (Wildman–Crippen LogP) is 8.84. The maximum absolute atomic E-state index is 12.9. The Kier molecular flexibility index (Phi) is 23.4. The van der Waals surface area contributed by atoms with Crippen LogP contribution in [0.25, 0.3) is 11.1 Å². The Morgan fingerprint density at radius 2 is 1.25 bits per heavy atom. The minimum Gasteiger partial charge on any atom is -0.480 e. The zero-order chi connectivity index (χ0) is 38.7. The number of hydrogen-bond donors (Lipinski definition) is 6. The highest BCUT2D eigenvalue weighted by Crippen LogP contribution is 2.37. The Morgan fingerprint density at radius 3 is 1.81 bits per heavy atom. The summed E-state index contributed by atoms with van der Waals surface area (Å²) in [6, 6.07) is 13.8. The molecular weight excluding hydrogens is 668 g/mol. The van der Waals surface area contributed by atoms with Crippen molar-refractivity contribution in [3.63, 3.8) is 0 Å². The Labute approximate surface area is 319 Å². The van der Waals surface area contributed by atoms with E-state index in [2.05, 4.69) is 42.6 Å². The average Bonchev–Trinajstić information content (AvgIpc) is 3.52. The van der Waals surface area contributed by atoms with Crippen molar-refractivity contribution in [2.75, 3.05) is 13.1 Å². The predicted molar refractivity (Wildman–Crippen MR) is 215 cm³/mol. The number of hydrogen-bond acceptors (Lipinski definition) is 7. The molecule has 10 nitrogen and oxygen atoms in total. The van der Waals surface area contributed by atoms with Crippen LogP contribution in [0.15, 0.2) is 42.5 Å². The van der Waals surface area contributed by atoms with Crippen LogP contribution in [-0.4, -0.2) is 52.9 Å². The van der Waals surface area contributed by atoms with Gasteiger partial charge in [0.25, 0.3) is 0 Å². The first-order chi connectivity index (χ1) is 25.7. The number of nitrogens with two attached hydrogens (primary N) is 3. The lowest BCUT2D eigenvalue weighted by Gasteiger charge is -2.30. The smallest absolute Gasteiger partial charge is 0.408 e. The first-order valence-corrected chi connectivity index (χ1v) is 20.4. The fraction of sp³-hybridized carbons (Fsp3) is 0.651. The van der Waals surface area contributed by atoms with Crippen molar-refractivity contribution in [2.45, 2.75) is 166 Å². The Balaban J connectivity index is 0.000000848. The number of amides is 1. The van der Waals surface area contributed by atoms with E-state index in [0.717, 1.165) is 50.5 Å². The molecule has 2 aromatic rings. The molecule has 0 bridgehead atoms. The molecule has 0 heterocycles. The van der Waals surface area contributed by atoms with Crippen molar-refractivity contribution in [1.82, 2.24) is 5.32 Å². The first kappa shape index (κ1) is 45.7. The number of carbonyl (C=O) groups is 3. The van der Waals surface area contributed by atoms with E-state index >= 15 is 0 Å². The number of ether oxygens (including phenoxy) is 1. The van der Waals surface area contributed by atoms with Crippen LogP contribution in [0.2, 0.25) is 0 Å². The normalized spacial score (nSPS) is 13.2. The van der Waals surface area contributed by atoms with Crippen LogP contribution < -0.4 is 22.5 Å². The highest BCUT2D eigenvalue weighted by molar-refractivity contribution is 5.84. The molecule has 1 unspecified atom stereocenters. The summed E-state index contributed by atoms with van der Waals surface area (Å²) in [4.78, 5) is 35.6. The number of fused-ring (bicyclic) bond motifs is 3. The molecule has 1 aliphatic carbocycles. The van der Waals surface area contributed by atoms with Crippen LogP contribution in [0.1, 0.15) is 158 Å². The highest BCUT2D eigenvalue weighted by atomic mass is 16.5. The van der Waals surface area contributed by atoms with Crippen molar-refractivity contribution < 1.29 is 29.3 Å². The molecule has 0 spiro atoms. The summed E-state index contributed by atoms with van der Waals surface area (Å²) in [5.74, 6) is -1.93. The van der Waals surface area contributed by atoms with E-state index in [1.165, 1.54) is 92.9 Å². The lowest BCUT2D eigenvalue weighted by atomic mass is 9.86. The second-order valence-electron chi connectivity index (χ2n) is 14.7. The molecule has 53 heavy (non-hydrogen) atoms. The number of carboxylic acid groups (broad SMARTS) is 2. The summed E-state index contributed by atoms with van der Waals surface area (Å²) >= 11 is 0. The number of carboxylic acids is 2. The molecule has 298 valence electrons. The van der Waals surface area contributed by atoms with Crippen LogP contribution >= 0.6 is 0 Å². The quantitative estimate of drug-likeness (QED) is 0.0395. The summed E-state index contributed by atoms with van der Waals surface area (Å²) in [5, 5.41) is 21.4. The first-order valence-electron chi connectivity index (χ1n) is 20.4. The van der Waals surface area contributed by atoms with Crippen molar-refractivity contribution >= 4 is 18.0 Å². The number of nitrogens with one attached hydrogen (secondary N) is 1. The lowest BCUT2D eigenvalue weighted by Crippen LogP contribution is -2.54. The number of aliphatic carboxylic acids is 2. The maximum atomic E-state index is 12.9. The van der Waals surface area contributed by atoms with Gasteiger partial charge >= 0.3 is 18.0 Å². The van der Waals surface area contributed by atoms with Gasteiger partial charge in [-0.2, -0.15) is 0 Å². The van der Waals surface area contributed by atoms with Crippen molar-refractivity contribution in [1.29, 1.82) is 0 Å². The molecular formula is C43H70N4O6. The van der Waals surface area contributed by atoms with Crippen molar-refractivity contribution in [2.24, 2.45) is 17.2 Å². The number of unbranched alkanes of at least 4 members (excludes halogenated alkanes) is 15. The number of alkyl carbamates (subject to hydrolysis) is 1. The molecule has 2 aromatic carbocycles. The van der Waals surface area contributed by atoms with Crippen LogP contribution in [0.5, 0.6) is 0 Å². The van der Waals surface area contributed by atoms with Gasteiger partial charge in [-0.25, -0.2) is 9.59 Å². The summed E-state index contributed by atoms with van der Waals surface area (Å²) in [7, 11) is 0. The zero-order valence-corrected chi connectivity index (χ0v) is 32.6. The largest absolute Gasteiger partial charge is 0.480 e. The molecule has 3 rings (SSSR count). The molecule has 0 aliphatic heterocycles. The second-order valence-corrected chi connectivity index (χ2v) is 14.7. The van der Waals surface area contributed by atoms with Crippen LogP contribution in [-0.2, 0) is 27.4 Å². The fourth-order valence-corrected chi connectivity index (χ4v) is 6.98. The van der Waals surface area contributed by atoms with Crippen LogP contribution in [0.3, 0.4) is 0 Å². The third-order valence-electron chi connectivity index (χ3n) is 10.3. The summed E-state index contributed by atoms with van der Waals surface area (Å²) < 4.78 is 5.57. The lowest BCUT2D eigenvalue weighted by molar-refractivity contribution is -0.145. The van der Waals surface area contributed by atoms with Gasteiger partial charge in [0, 0.05) is 0 Å². The summed E-state index contributed by atoms with van der Waals surface area (Å²) in [6.07, 6.45) is 21.9. The van der Waals surface area contributed by atoms with Crippen molar-refractivity contribution in [3.05, 3.63) is 59.2 Å². The zero-order valence-electron chi connectivity index (χ0n) is 32.6. The van der Waals surface area contributed by atoms with E-state index in [-0.39, 0.29) is 6.61 Å². The molecule has 0 radical (unpaired) electrons. The van der Waals surface area contributed by atoms with Gasteiger partial charge in [-0.15, -0.1) is 0 Å². The number of carbonyl (C=O) groups excluding carboxylic acids is 1. The molecule has 1 aliphatic rings. The number of rotatable bonds is 28. The Hall–Kier alpha value is -3.47. The van der Waals surface area contributed by atoms with E-state index in [0.29, 0.717) is 38.8 Å². The van der Waals surface area contributed by atoms with Crippen LogP contribution in [0, 0.1) is 0 Å². The van der Waals surface area contributed by atoms with Gasteiger partial charge in [0.15, 0.2) is 0 Å². The van der Waals surface area contributed by atoms with Gasteiger partial charge in [-0.05, 0) is 91.9 Å². The molecule has 1 amide bonds. The van der Waals surface area contributed by atoms with Gasteiger partial charge in [0.2, 0.25) is 0 Å². The second kappa shape index (κ2) is 27.2. The molecule has 2 atom stereocenters. The van der Waals surface area contributed by atoms with Crippen molar-refractivity contribution in [3.8, 4) is 11.1 Å². The third kappa shape index (κ3) is 17.9. The number of benzene rings is 2. The van der Waals surface area contributed by atoms with E-state index in [1.54, 1.807) is 0 Å². The highest BCUT2D eigenvalue weighted by Gasteiger charge is 2.39.